The van der Waals surface area contributed by atoms with Gasteiger partial charge >= 0.3 is 0 Å². The molecule has 1 aromatic rings. The highest BCUT2D eigenvalue weighted by Crippen LogP contribution is 2.23. The summed E-state index contributed by atoms with van der Waals surface area (Å²) in [5, 5.41) is 6.09. The van der Waals surface area contributed by atoms with Crippen molar-refractivity contribution in [2.24, 2.45) is 5.92 Å². The Morgan fingerprint density at radius 1 is 1.30 bits per heavy atom. The van der Waals surface area contributed by atoms with Gasteiger partial charge in [0.05, 0.1) is 11.1 Å². The molecule has 0 saturated carbocycles. The Balaban J connectivity index is 1.54. The number of fused-ring (bicyclic) bond motifs is 1. The minimum atomic E-state index is -0.389. The first-order valence-corrected chi connectivity index (χ1v) is 8.00. The zero-order valence-electron chi connectivity index (χ0n) is 13.2. The van der Waals surface area contributed by atoms with Crippen molar-refractivity contribution in [2.75, 3.05) is 26.2 Å². The number of carbonyl (C=O) groups is 3. The highest BCUT2D eigenvalue weighted by Gasteiger charge is 2.36. The Morgan fingerprint density at radius 2 is 2.09 bits per heavy atom. The Labute approximate surface area is 135 Å². The maximum atomic E-state index is 12.3. The molecular formula is C17H21N3O3. The molecule has 2 aliphatic rings. The fourth-order valence-corrected chi connectivity index (χ4v) is 3.12. The summed E-state index contributed by atoms with van der Waals surface area (Å²) in [7, 11) is 0. The minimum absolute atomic E-state index is 0.214. The average Bonchev–Trinajstić information content (AvgIpc) is 3.11. The lowest BCUT2D eigenvalue weighted by Crippen LogP contribution is -2.40. The van der Waals surface area contributed by atoms with Crippen LogP contribution in [0.4, 0.5) is 0 Å². The molecule has 6 nitrogen and oxygen atoms in total. The highest BCUT2D eigenvalue weighted by atomic mass is 16.2. The van der Waals surface area contributed by atoms with Crippen molar-refractivity contribution in [3.8, 4) is 0 Å². The number of hydrogen-bond acceptors (Lipinski definition) is 4. The van der Waals surface area contributed by atoms with Crippen LogP contribution in [0.1, 0.15) is 39.1 Å². The van der Waals surface area contributed by atoms with Gasteiger partial charge in [-0.15, -0.1) is 0 Å². The molecule has 1 atom stereocenters. The van der Waals surface area contributed by atoms with Crippen LogP contribution < -0.4 is 10.6 Å². The first kappa shape index (κ1) is 15.7. The summed E-state index contributed by atoms with van der Waals surface area (Å²) in [6.07, 6.45) is 2.05. The number of hydrogen-bond donors (Lipinski definition) is 2. The van der Waals surface area contributed by atoms with Gasteiger partial charge in [-0.1, -0.05) is 11.6 Å². The highest BCUT2D eigenvalue weighted by molar-refractivity contribution is 6.22. The maximum Gasteiger partial charge on any atom is 0.262 e. The zero-order valence-corrected chi connectivity index (χ0v) is 13.2. The van der Waals surface area contributed by atoms with Crippen LogP contribution in [-0.4, -0.2) is 48.8 Å². The van der Waals surface area contributed by atoms with Gasteiger partial charge in [-0.05, 0) is 50.9 Å². The van der Waals surface area contributed by atoms with Crippen molar-refractivity contribution in [1.82, 2.24) is 15.5 Å². The summed E-state index contributed by atoms with van der Waals surface area (Å²) in [6, 6.07) is 5.14. The van der Waals surface area contributed by atoms with E-state index in [0.29, 0.717) is 23.6 Å². The van der Waals surface area contributed by atoms with Gasteiger partial charge in [-0.2, -0.15) is 0 Å². The molecule has 1 unspecified atom stereocenters. The second kappa shape index (κ2) is 6.50. The van der Waals surface area contributed by atoms with E-state index in [4.69, 9.17) is 0 Å². The van der Waals surface area contributed by atoms with Gasteiger partial charge in [0.15, 0.2) is 0 Å². The lowest BCUT2D eigenvalue weighted by atomic mass is 10.1. The average molecular weight is 315 g/mol. The standard InChI is InChI=1S/C17H21N3O3/c1-11-2-3-13-14(8-11)17(23)20(16(13)22)10-15(21)19-7-5-12-4-6-18-9-12/h2-3,8,12,18H,4-7,9-10H2,1H3,(H,19,21). The molecular weight excluding hydrogens is 294 g/mol. The molecule has 1 aromatic carbocycles. The van der Waals surface area contributed by atoms with Crippen LogP contribution in [-0.2, 0) is 4.79 Å². The summed E-state index contributed by atoms with van der Waals surface area (Å²) in [5.41, 5.74) is 1.69. The van der Waals surface area contributed by atoms with E-state index in [-0.39, 0.29) is 24.3 Å². The monoisotopic (exact) mass is 315 g/mol. The number of rotatable bonds is 5. The Bertz CT molecular complexity index is 650. The summed E-state index contributed by atoms with van der Waals surface area (Å²) in [4.78, 5) is 37.6. The molecule has 1 saturated heterocycles. The van der Waals surface area contributed by atoms with Crippen LogP contribution >= 0.6 is 0 Å². The van der Waals surface area contributed by atoms with Gasteiger partial charge in [-0.3, -0.25) is 19.3 Å². The fourth-order valence-electron chi connectivity index (χ4n) is 3.12. The Kier molecular flexibility index (Phi) is 4.43. The van der Waals surface area contributed by atoms with E-state index in [1.54, 1.807) is 18.2 Å². The van der Waals surface area contributed by atoms with Gasteiger partial charge in [0.1, 0.15) is 6.54 Å². The third kappa shape index (κ3) is 3.27. The normalized spacial score (nSPS) is 20.0. The second-order valence-electron chi connectivity index (χ2n) is 6.24. The number of nitrogens with one attached hydrogen (secondary N) is 2. The number of nitrogens with zero attached hydrogens (tertiary/aromatic N) is 1. The van der Waals surface area contributed by atoms with Crippen LogP contribution in [0, 0.1) is 12.8 Å². The van der Waals surface area contributed by atoms with E-state index in [2.05, 4.69) is 10.6 Å². The molecule has 0 aliphatic carbocycles. The first-order valence-electron chi connectivity index (χ1n) is 8.00. The quantitative estimate of drug-likeness (QED) is 0.784. The van der Waals surface area contributed by atoms with E-state index in [9.17, 15) is 14.4 Å². The van der Waals surface area contributed by atoms with Crippen molar-refractivity contribution in [1.29, 1.82) is 0 Å². The number of benzene rings is 1. The molecule has 1 fully saturated rings. The molecule has 0 radical (unpaired) electrons. The van der Waals surface area contributed by atoms with Crippen molar-refractivity contribution < 1.29 is 14.4 Å². The van der Waals surface area contributed by atoms with Crippen LogP contribution in [0.15, 0.2) is 18.2 Å². The van der Waals surface area contributed by atoms with E-state index in [1.807, 2.05) is 6.92 Å². The molecule has 23 heavy (non-hydrogen) atoms. The van der Waals surface area contributed by atoms with Crippen LogP contribution in [0.5, 0.6) is 0 Å². The molecule has 0 bridgehead atoms. The molecule has 3 amide bonds. The summed E-state index contributed by atoms with van der Waals surface area (Å²) in [5.74, 6) is -0.469. The van der Waals surface area contributed by atoms with Crippen molar-refractivity contribution in [2.45, 2.75) is 19.8 Å². The zero-order chi connectivity index (χ0) is 16.4. The largest absolute Gasteiger partial charge is 0.355 e. The molecule has 2 heterocycles. The van der Waals surface area contributed by atoms with E-state index < -0.39 is 0 Å². The summed E-state index contributed by atoms with van der Waals surface area (Å²) >= 11 is 0. The van der Waals surface area contributed by atoms with Crippen LogP contribution in [0.2, 0.25) is 0 Å². The van der Waals surface area contributed by atoms with Crippen LogP contribution in [0.3, 0.4) is 0 Å². The van der Waals surface area contributed by atoms with Crippen LogP contribution in [0.25, 0.3) is 0 Å². The summed E-state index contributed by atoms with van der Waals surface area (Å²) in [6.45, 7) is 4.26. The Hall–Kier alpha value is -2.21. The molecule has 122 valence electrons. The third-order valence-corrected chi connectivity index (χ3v) is 4.47. The van der Waals surface area contributed by atoms with Gasteiger partial charge in [0.25, 0.3) is 11.8 Å². The van der Waals surface area contributed by atoms with Crippen molar-refractivity contribution in [3.05, 3.63) is 34.9 Å². The Morgan fingerprint density at radius 3 is 2.83 bits per heavy atom. The predicted octanol–water partition coefficient (Wildman–Crippen LogP) is 0.707. The van der Waals surface area contributed by atoms with Crippen molar-refractivity contribution >= 4 is 17.7 Å². The van der Waals surface area contributed by atoms with E-state index in [0.717, 1.165) is 36.4 Å². The number of aryl methyl sites for hydroxylation is 1. The van der Waals surface area contributed by atoms with Crippen molar-refractivity contribution in [3.63, 3.8) is 0 Å². The fraction of sp³-hybridized carbons (Fsp3) is 0.471. The van der Waals surface area contributed by atoms with Gasteiger partial charge < -0.3 is 10.6 Å². The number of carbonyl (C=O) groups excluding carboxylic acids is 3. The lowest BCUT2D eigenvalue weighted by Gasteiger charge is -2.14. The SMILES string of the molecule is Cc1ccc2c(c1)C(=O)N(CC(=O)NCCC1CCNC1)C2=O. The van der Waals surface area contributed by atoms with E-state index >= 15 is 0 Å². The first-order chi connectivity index (χ1) is 11.1. The maximum absolute atomic E-state index is 12.3. The predicted molar refractivity (Wildman–Crippen MR) is 85.1 cm³/mol. The second-order valence-corrected chi connectivity index (χ2v) is 6.24. The van der Waals surface area contributed by atoms with Gasteiger partial charge in [0.2, 0.25) is 5.91 Å². The summed E-state index contributed by atoms with van der Waals surface area (Å²) < 4.78 is 0. The van der Waals surface area contributed by atoms with Gasteiger partial charge in [-0.25, -0.2) is 0 Å². The molecule has 0 spiro atoms. The third-order valence-electron chi connectivity index (χ3n) is 4.47. The molecule has 2 N–H and O–H groups in total. The minimum Gasteiger partial charge on any atom is -0.355 e. The molecule has 0 aromatic heterocycles. The number of imide groups is 1. The lowest BCUT2D eigenvalue weighted by molar-refractivity contribution is -0.121. The smallest absolute Gasteiger partial charge is 0.262 e. The molecule has 6 heteroatoms. The van der Waals surface area contributed by atoms with Gasteiger partial charge in [0, 0.05) is 6.54 Å². The van der Waals surface area contributed by atoms with E-state index in [1.165, 1.54) is 0 Å². The molecule has 3 rings (SSSR count). The molecule has 2 aliphatic heterocycles. The topological polar surface area (TPSA) is 78.5 Å². The number of amides is 3.